The second-order valence-corrected chi connectivity index (χ2v) is 14.4. The van der Waals surface area contributed by atoms with Gasteiger partial charge in [-0.1, -0.05) is 11.6 Å². The number of piperidine rings is 1. The summed E-state index contributed by atoms with van der Waals surface area (Å²) in [6.07, 6.45) is 7.50. The van der Waals surface area contributed by atoms with Gasteiger partial charge in [0.1, 0.15) is 35.9 Å². The Morgan fingerprint density at radius 3 is 2.90 bits per heavy atom. The van der Waals surface area contributed by atoms with Gasteiger partial charge in [0.2, 0.25) is 11.8 Å². The van der Waals surface area contributed by atoms with E-state index in [0.29, 0.717) is 95.4 Å². The molecule has 0 radical (unpaired) electrons. The molecule has 4 saturated heterocycles. The van der Waals surface area contributed by atoms with Crippen LogP contribution in [0.1, 0.15) is 62.0 Å². The fourth-order valence-corrected chi connectivity index (χ4v) is 9.10. The fourth-order valence-electron chi connectivity index (χ4n) is 8.80. The van der Waals surface area contributed by atoms with Crippen LogP contribution in [0.15, 0.2) is 22.9 Å². The minimum absolute atomic E-state index is 0.0554. The summed E-state index contributed by atoms with van der Waals surface area (Å²) in [7, 11) is 0. The third kappa shape index (κ3) is 4.37. The van der Waals surface area contributed by atoms with Gasteiger partial charge >= 0.3 is 6.01 Å². The summed E-state index contributed by atoms with van der Waals surface area (Å²) in [5, 5.41) is 17.3. The largest absolute Gasteiger partial charge is 0.461 e. The summed E-state index contributed by atoms with van der Waals surface area (Å²) < 4.78 is 50.6. The van der Waals surface area contributed by atoms with Crippen molar-refractivity contribution in [2.45, 2.75) is 74.8 Å². The number of alkyl halides is 1. The van der Waals surface area contributed by atoms with Crippen LogP contribution in [0.4, 0.5) is 14.6 Å². The lowest BCUT2D eigenvalue weighted by molar-refractivity contribution is -0.220. The van der Waals surface area contributed by atoms with Crippen LogP contribution in [0.2, 0.25) is 5.02 Å². The van der Waals surface area contributed by atoms with Gasteiger partial charge in [-0.05, 0) is 50.3 Å². The Morgan fingerprint density at radius 2 is 1.98 bits per heavy atom. The average molecular weight is 676 g/mol. The zero-order valence-electron chi connectivity index (χ0n) is 26.0. The first-order valence-electron chi connectivity index (χ1n) is 16.7. The highest BCUT2D eigenvalue weighted by molar-refractivity contribution is 6.33. The molecule has 1 N–H and O–H groups in total. The van der Waals surface area contributed by atoms with Gasteiger partial charge < -0.3 is 18.8 Å². The molecule has 0 aliphatic carbocycles. The number of nitrogens with one attached hydrogen (secondary N) is 1. The van der Waals surface area contributed by atoms with Crippen LogP contribution in [-0.4, -0.2) is 90.3 Å². The van der Waals surface area contributed by atoms with Crippen molar-refractivity contribution in [2.75, 3.05) is 37.7 Å². The van der Waals surface area contributed by atoms with Crippen molar-refractivity contribution in [3.05, 3.63) is 46.6 Å². The topological polar surface area (TPSA) is 131 Å². The highest BCUT2D eigenvalue weighted by Gasteiger charge is 2.52. The summed E-state index contributed by atoms with van der Waals surface area (Å²) in [5.41, 5.74) is 1.18. The first-order valence-corrected chi connectivity index (χ1v) is 17.0. The van der Waals surface area contributed by atoms with Crippen LogP contribution in [0.5, 0.6) is 6.01 Å². The second kappa shape index (κ2) is 10.5. The van der Waals surface area contributed by atoms with Crippen LogP contribution in [-0.2, 0) is 17.6 Å². The molecule has 15 heteroatoms. The third-order valence-corrected chi connectivity index (χ3v) is 11.4. The van der Waals surface area contributed by atoms with Crippen molar-refractivity contribution in [1.82, 2.24) is 40.2 Å². The van der Waals surface area contributed by atoms with Gasteiger partial charge in [-0.15, -0.1) is 10.2 Å². The molecule has 248 valence electrons. The number of fused-ring (bicyclic) bond motifs is 2. The Bertz CT molecular complexity index is 2100. The van der Waals surface area contributed by atoms with Gasteiger partial charge in [-0.3, -0.25) is 15.0 Å². The van der Waals surface area contributed by atoms with Crippen molar-refractivity contribution in [3.8, 4) is 17.3 Å². The van der Waals surface area contributed by atoms with Gasteiger partial charge in [0.15, 0.2) is 5.82 Å². The van der Waals surface area contributed by atoms with E-state index < -0.39 is 23.1 Å². The minimum atomic E-state index is -0.898. The van der Waals surface area contributed by atoms with Crippen LogP contribution in [0.25, 0.3) is 33.1 Å². The number of pyridine rings is 1. The highest BCUT2D eigenvalue weighted by atomic mass is 35.5. The molecule has 48 heavy (non-hydrogen) atoms. The predicted molar refractivity (Wildman–Crippen MR) is 170 cm³/mol. The summed E-state index contributed by atoms with van der Waals surface area (Å²) in [4.78, 5) is 18.6. The van der Waals surface area contributed by atoms with Crippen LogP contribution < -0.4 is 9.64 Å². The molecular weight excluding hydrogens is 644 g/mol. The molecule has 0 unspecified atom stereocenters. The fraction of sp³-hybridized carbons (Fsp3) is 0.515. The Labute approximate surface area is 278 Å². The van der Waals surface area contributed by atoms with Gasteiger partial charge in [0.05, 0.1) is 28.2 Å². The normalized spacial score (nSPS) is 28.2. The lowest BCUT2D eigenvalue weighted by atomic mass is 9.81. The van der Waals surface area contributed by atoms with Gasteiger partial charge in [0, 0.05) is 61.1 Å². The van der Waals surface area contributed by atoms with Crippen LogP contribution in [0, 0.1) is 5.82 Å². The molecule has 1 aromatic carbocycles. The SMILES string of the molecule is Fc1c2ncc3c(nc(OC[C@@]45CCCN4C[C@H](F)C5)nc13)N1CCC[C@]3(C[C@@H](O3)c3nnc(o3)CCc3c(Cl)cc4[nH]ncc4c3-2)C1. The Kier molecular flexibility index (Phi) is 6.33. The highest BCUT2D eigenvalue weighted by Crippen LogP contribution is 2.49. The number of hydrogen-bond donors (Lipinski definition) is 1. The monoisotopic (exact) mass is 675 g/mol. The maximum atomic E-state index is 17.2. The summed E-state index contributed by atoms with van der Waals surface area (Å²) in [5.74, 6) is 0.812. The van der Waals surface area contributed by atoms with Gasteiger partial charge in [0.25, 0.3) is 0 Å². The van der Waals surface area contributed by atoms with E-state index in [1.807, 2.05) is 0 Å². The molecule has 7 aliphatic rings. The molecule has 9 bridgehead atoms. The first-order chi connectivity index (χ1) is 23.4. The van der Waals surface area contributed by atoms with E-state index in [9.17, 15) is 4.39 Å². The number of hydrogen-bond acceptors (Lipinski definition) is 11. The van der Waals surface area contributed by atoms with E-state index in [2.05, 4.69) is 35.2 Å². The smallest absolute Gasteiger partial charge is 0.319 e. The molecule has 0 amide bonds. The molecule has 4 aromatic heterocycles. The number of aromatic amines is 1. The number of aryl methyl sites for hydroxylation is 1. The second-order valence-electron chi connectivity index (χ2n) is 14.0. The molecule has 5 aromatic rings. The van der Waals surface area contributed by atoms with Gasteiger partial charge in [-0.2, -0.15) is 15.1 Å². The number of halogens is 3. The van der Waals surface area contributed by atoms with E-state index >= 15 is 4.39 Å². The Hall–Kier alpha value is -4.01. The molecular formula is C33H32ClF2N9O3. The summed E-state index contributed by atoms with van der Waals surface area (Å²) in [6.45, 7) is 2.69. The van der Waals surface area contributed by atoms with Gasteiger partial charge in [-0.25, -0.2) is 8.78 Å². The average Bonchev–Trinajstić information content (AvgIpc) is 3.86. The maximum Gasteiger partial charge on any atom is 0.319 e. The number of H-pyrrole nitrogens is 1. The molecule has 11 heterocycles. The zero-order valence-corrected chi connectivity index (χ0v) is 26.8. The lowest BCUT2D eigenvalue weighted by Crippen LogP contribution is -2.57. The van der Waals surface area contributed by atoms with E-state index in [1.54, 1.807) is 18.5 Å². The summed E-state index contributed by atoms with van der Waals surface area (Å²) >= 11 is 6.87. The Balaban J connectivity index is 1.15. The third-order valence-electron chi connectivity index (χ3n) is 11.0. The standard InChI is InChI=1S/C33H32ClF2N9O3/c34-21-9-22-19(13-38-41-22)25-18(21)3-4-24-42-43-30(47-24)23-11-33(48-23)6-2-7-44(15-33)29-20-12-37-28(25)26(36)27(20)39-31(40-29)46-16-32-5-1-8-45(32)14-17(35)10-32/h9,12-13,17,23H,1-8,10-11,14-16H2,(H,38,41)/t17-,23-,32+,33+/m1/s1. The number of anilines is 1. The van der Waals surface area contributed by atoms with E-state index in [4.69, 9.17) is 35.5 Å². The van der Waals surface area contributed by atoms with E-state index in [-0.39, 0.29) is 29.9 Å². The number of aromatic nitrogens is 7. The molecule has 12 rings (SSSR count). The predicted octanol–water partition coefficient (Wildman–Crippen LogP) is 5.30. The summed E-state index contributed by atoms with van der Waals surface area (Å²) in [6, 6.07) is 1.83. The van der Waals surface area contributed by atoms with Crippen LogP contribution >= 0.6 is 11.6 Å². The van der Waals surface area contributed by atoms with Crippen molar-refractivity contribution in [1.29, 1.82) is 0 Å². The molecule has 12 nitrogen and oxygen atoms in total. The molecule has 1 spiro atoms. The van der Waals surface area contributed by atoms with Crippen molar-refractivity contribution < 1.29 is 22.7 Å². The van der Waals surface area contributed by atoms with E-state index in [0.717, 1.165) is 32.2 Å². The maximum absolute atomic E-state index is 17.2. The zero-order chi connectivity index (χ0) is 32.2. The van der Waals surface area contributed by atoms with Crippen molar-refractivity contribution >= 4 is 39.2 Å². The number of rotatable bonds is 3. The Morgan fingerprint density at radius 1 is 1.08 bits per heavy atom. The molecule has 4 atom stereocenters. The molecule has 7 aliphatic heterocycles. The molecule has 4 fully saturated rings. The lowest BCUT2D eigenvalue weighted by Gasteiger charge is -2.51. The minimum Gasteiger partial charge on any atom is -0.461 e. The van der Waals surface area contributed by atoms with Crippen molar-refractivity contribution in [2.24, 2.45) is 0 Å². The van der Waals surface area contributed by atoms with E-state index in [1.165, 1.54) is 0 Å². The molecule has 0 saturated carbocycles. The quantitative estimate of drug-likeness (QED) is 0.267. The number of benzene rings is 1. The number of nitrogens with zero attached hydrogens (tertiary/aromatic N) is 8. The number of ether oxygens (including phenoxy) is 2. The van der Waals surface area contributed by atoms with Crippen molar-refractivity contribution in [3.63, 3.8) is 0 Å². The van der Waals surface area contributed by atoms with Crippen LogP contribution in [0.3, 0.4) is 0 Å². The first kappa shape index (κ1) is 29.0.